The van der Waals surface area contributed by atoms with Crippen LogP contribution in [-0.2, 0) is 25.6 Å². The Morgan fingerprint density at radius 3 is 2.56 bits per heavy atom. The molecule has 1 rings (SSSR count). The molecule has 180 valence electrons. The number of hydrogen-bond acceptors (Lipinski definition) is 7. The summed E-state index contributed by atoms with van der Waals surface area (Å²) in [4.78, 5) is 24.5. The number of amides is 1. The summed E-state index contributed by atoms with van der Waals surface area (Å²) < 4.78 is 16.3. The van der Waals surface area contributed by atoms with E-state index < -0.39 is 30.0 Å². The van der Waals surface area contributed by atoms with Crippen molar-refractivity contribution in [2.24, 2.45) is 5.73 Å². The summed E-state index contributed by atoms with van der Waals surface area (Å²) in [7, 11) is 0. The first-order valence-corrected chi connectivity index (χ1v) is 11.1. The number of alkyl carbamates (subject to hydrolysis) is 1. The maximum atomic E-state index is 12.7. The van der Waals surface area contributed by atoms with E-state index in [0.717, 1.165) is 18.4 Å². The van der Waals surface area contributed by atoms with E-state index in [0.29, 0.717) is 31.1 Å². The van der Waals surface area contributed by atoms with Gasteiger partial charge in [-0.15, -0.1) is 0 Å². The molecule has 32 heavy (non-hydrogen) atoms. The second kappa shape index (κ2) is 14.8. The average Bonchev–Trinajstić information content (AvgIpc) is 2.72. The summed E-state index contributed by atoms with van der Waals surface area (Å²) in [5, 5.41) is 6.33. The predicted octanol–water partition coefficient (Wildman–Crippen LogP) is 3.52. The molecule has 1 amide bonds. The van der Waals surface area contributed by atoms with Gasteiger partial charge in [0.1, 0.15) is 11.6 Å². The Morgan fingerprint density at radius 1 is 1.22 bits per heavy atom. The van der Waals surface area contributed by atoms with Crippen LogP contribution in [0.4, 0.5) is 4.79 Å². The van der Waals surface area contributed by atoms with E-state index in [1.165, 1.54) is 6.08 Å². The normalized spacial score (nSPS) is 13.2. The van der Waals surface area contributed by atoms with Gasteiger partial charge in [-0.05, 0) is 57.9 Å². The van der Waals surface area contributed by atoms with Gasteiger partial charge in [0, 0.05) is 18.1 Å². The number of ether oxygens (including phenoxy) is 3. The molecular formula is C23H36ClN3O5. The molecule has 0 aromatic heterocycles. The highest BCUT2D eigenvalue weighted by Gasteiger charge is 2.23. The third-order valence-corrected chi connectivity index (χ3v) is 4.57. The molecule has 0 bridgehead atoms. The number of carbonyl (C=O) groups is 2. The van der Waals surface area contributed by atoms with Gasteiger partial charge in [0.25, 0.3) is 0 Å². The molecule has 0 aliphatic rings. The van der Waals surface area contributed by atoms with Gasteiger partial charge in [-0.25, -0.2) is 4.79 Å². The molecule has 0 aliphatic carbocycles. The van der Waals surface area contributed by atoms with Gasteiger partial charge in [-0.3, -0.25) is 4.79 Å². The van der Waals surface area contributed by atoms with E-state index in [4.69, 9.17) is 31.5 Å². The Kier molecular flexibility index (Phi) is 12.9. The highest BCUT2D eigenvalue weighted by molar-refractivity contribution is 6.31. The largest absolute Gasteiger partial charge is 0.444 e. The highest BCUT2D eigenvalue weighted by atomic mass is 35.5. The molecule has 1 aromatic rings. The first-order chi connectivity index (χ1) is 15.2. The van der Waals surface area contributed by atoms with Gasteiger partial charge in [0.15, 0.2) is 0 Å². The van der Waals surface area contributed by atoms with E-state index in [2.05, 4.69) is 17.2 Å². The standard InChI is InChI=1S/C23H36ClN3O5/c1-5-20(30-16-17-10-6-7-11-18(17)24)31-21(28)19(12-8-9-13-25)26-14-15-27-22(29)32-23(2,3)4/h5-7,10-11,19-20,26H,1,8-9,12-16,25H2,2-4H3,(H,27,29)/t19-,20?/m0/s1. The average molecular weight is 470 g/mol. The molecule has 0 radical (unpaired) electrons. The fourth-order valence-electron chi connectivity index (χ4n) is 2.66. The van der Waals surface area contributed by atoms with Crippen LogP contribution in [0.2, 0.25) is 5.02 Å². The lowest BCUT2D eigenvalue weighted by molar-refractivity contribution is -0.173. The van der Waals surface area contributed by atoms with E-state index in [9.17, 15) is 9.59 Å². The van der Waals surface area contributed by atoms with Crippen molar-refractivity contribution in [1.29, 1.82) is 0 Å². The van der Waals surface area contributed by atoms with Gasteiger partial charge in [0.05, 0.1) is 6.61 Å². The minimum Gasteiger partial charge on any atom is -0.444 e. The second-order valence-corrected chi connectivity index (χ2v) is 8.57. The molecular weight excluding hydrogens is 434 g/mol. The summed E-state index contributed by atoms with van der Waals surface area (Å²) in [6.07, 6.45) is 2.06. The third kappa shape index (κ3) is 12.0. The quantitative estimate of drug-likeness (QED) is 0.165. The summed E-state index contributed by atoms with van der Waals surface area (Å²) in [5.74, 6) is -0.469. The Hall–Kier alpha value is -2.13. The third-order valence-electron chi connectivity index (χ3n) is 4.20. The SMILES string of the molecule is C=CC(OCc1ccccc1Cl)OC(=O)[C@H](CCCCN)NCCNC(=O)OC(C)(C)C. The number of unbranched alkanes of at least 4 members (excludes halogenated alkanes) is 1. The molecule has 1 aromatic carbocycles. The number of esters is 1. The molecule has 0 heterocycles. The van der Waals surface area contributed by atoms with Crippen LogP contribution in [0.1, 0.15) is 45.6 Å². The van der Waals surface area contributed by atoms with Crippen molar-refractivity contribution in [2.45, 2.75) is 64.6 Å². The Labute approximate surface area is 195 Å². The van der Waals surface area contributed by atoms with Crippen LogP contribution in [0.15, 0.2) is 36.9 Å². The summed E-state index contributed by atoms with van der Waals surface area (Å²) in [6.45, 7) is 10.4. The lowest BCUT2D eigenvalue weighted by atomic mass is 10.1. The summed E-state index contributed by atoms with van der Waals surface area (Å²) >= 11 is 6.13. The van der Waals surface area contributed by atoms with E-state index >= 15 is 0 Å². The second-order valence-electron chi connectivity index (χ2n) is 8.16. The highest BCUT2D eigenvalue weighted by Crippen LogP contribution is 2.17. The first-order valence-electron chi connectivity index (χ1n) is 10.7. The number of nitrogens with one attached hydrogen (secondary N) is 2. The van der Waals surface area contributed by atoms with E-state index in [-0.39, 0.29) is 6.61 Å². The Bertz CT molecular complexity index is 724. The molecule has 0 aliphatic heterocycles. The van der Waals surface area contributed by atoms with E-state index in [1.807, 2.05) is 18.2 Å². The molecule has 0 saturated heterocycles. The number of hydrogen-bond donors (Lipinski definition) is 3. The fourth-order valence-corrected chi connectivity index (χ4v) is 2.85. The molecule has 0 spiro atoms. The number of nitrogens with two attached hydrogens (primary N) is 1. The number of rotatable bonds is 14. The summed E-state index contributed by atoms with van der Waals surface area (Å²) in [5.41, 5.74) is 5.77. The molecule has 8 nitrogen and oxygen atoms in total. The minimum absolute atomic E-state index is 0.175. The topological polar surface area (TPSA) is 112 Å². The van der Waals surface area contributed by atoms with Gasteiger partial charge >= 0.3 is 12.1 Å². The summed E-state index contributed by atoms with van der Waals surface area (Å²) in [6, 6.07) is 6.69. The molecule has 1 unspecified atom stereocenters. The zero-order chi connectivity index (χ0) is 24.0. The van der Waals surface area contributed by atoms with Gasteiger partial charge in [0.2, 0.25) is 6.29 Å². The minimum atomic E-state index is -0.919. The molecule has 9 heteroatoms. The lowest BCUT2D eigenvalue weighted by Crippen LogP contribution is -2.44. The van der Waals surface area contributed by atoms with Crippen molar-refractivity contribution in [2.75, 3.05) is 19.6 Å². The Morgan fingerprint density at radius 2 is 1.94 bits per heavy atom. The molecule has 2 atom stereocenters. The molecule has 4 N–H and O–H groups in total. The van der Waals surface area contributed by atoms with Crippen molar-refractivity contribution < 1.29 is 23.8 Å². The van der Waals surface area contributed by atoms with Crippen molar-refractivity contribution in [1.82, 2.24) is 10.6 Å². The van der Waals surface area contributed by atoms with Crippen molar-refractivity contribution in [3.63, 3.8) is 0 Å². The zero-order valence-electron chi connectivity index (χ0n) is 19.2. The Balaban J connectivity index is 2.55. The van der Waals surface area contributed by atoms with Crippen LogP contribution in [0.5, 0.6) is 0 Å². The smallest absolute Gasteiger partial charge is 0.407 e. The van der Waals surface area contributed by atoms with Crippen LogP contribution in [0, 0.1) is 0 Å². The van der Waals surface area contributed by atoms with Gasteiger partial charge < -0.3 is 30.6 Å². The first kappa shape index (κ1) is 27.9. The van der Waals surface area contributed by atoms with Crippen molar-refractivity contribution >= 4 is 23.7 Å². The number of benzene rings is 1. The lowest BCUT2D eigenvalue weighted by Gasteiger charge is -2.22. The monoisotopic (exact) mass is 469 g/mol. The zero-order valence-corrected chi connectivity index (χ0v) is 20.0. The van der Waals surface area contributed by atoms with E-state index in [1.54, 1.807) is 26.8 Å². The van der Waals surface area contributed by atoms with Gasteiger partial charge in [-0.2, -0.15) is 0 Å². The maximum absolute atomic E-state index is 12.7. The van der Waals surface area contributed by atoms with Crippen molar-refractivity contribution in [3.8, 4) is 0 Å². The van der Waals surface area contributed by atoms with Crippen LogP contribution < -0.4 is 16.4 Å². The number of halogens is 1. The van der Waals surface area contributed by atoms with Crippen LogP contribution >= 0.6 is 11.6 Å². The molecule has 0 fully saturated rings. The number of carbonyl (C=O) groups excluding carboxylic acids is 2. The fraction of sp³-hybridized carbons (Fsp3) is 0.565. The van der Waals surface area contributed by atoms with Crippen LogP contribution in [0.25, 0.3) is 0 Å². The van der Waals surface area contributed by atoms with Crippen LogP contribution in [-0.4, -0.2) is 49.6 Å². The molecule has 0 saturated carbocycles. The van der Waals surface area contributed by atoms with Gasteiger partial charge in [-0.1, -0.05) is 42.8 Å². The maximum Gasteiger partial charge on any atom is 0.407 e. The predicted molar refractivity (Wildman–Crippen MR) is 125 cm³/mol. The van der Waals surface area contributed by atoms with Crippen molar-refractivity contribution in [3.05, 3.63) is 47.5 Å². The van der Waals surface area contributed by atoms with Crippen LogP contribution in [0.3, 0.4) is 0 Å².